The van der Waals surface area contributed by atoms with Gasteiger partial charge in [-0.25, -0.2) is 4.39 Å². The predicted octanol–water partition coefficient (Wildman–Crippen LogP) is 7.34. The molecule has 3 rings (SSSR count). The Hall–Kier alpha value is -3.40. The van der Waals surface area contributed by atoms with Gasteiger partial charge in [0.15, 0.2) is 0 Å². The van der Waals surface area contributed by atoms with E-state index in [-0.39, 0.29) is 11.4 Å². The zero-order valence-electron chi connectivity index (χ0n) is 20.7. The van der Waals surface area contributed by atoms with E-state index in [0.29, 0.717) is 0 Å². The lowest BCUT2D eigenvalue weighted by molar-refractivity contribution is 0.502. The Kier molecular flexibility index (Phi) is 8.64. The lowest BCUT2D eigenvalue weighted by Gasteiger charge is -2.26. The second-order valence-corrected chi connectivity index (χ2v) is 9.64. The zero-order valence-corrected chi connectivity index (χ0v) is 20.7. The number of benzene rings is 3. The van der Waals surface area contributed by atoms with Gasteiger partial charge in [0.1, 0.15) is 5.82 Å². The monoisotopic (exact) mass is 457 g/mol. The van der Waals surface area contributed by atoms with Gasteiger partial charge in [-0.3, -0.25) is 0 Å². The second-order valence-electron chi connectivity index (χ2n) is 9.64. The minimum atomic E-state index is -0.275. The van der Waals surface area contributed by atoms with E-state index < -0.39 is 0 Å². The number of allylic oxidation sites excluding steroid dienone is 1. The molecule has 3 N–H and O–H groups in total. The summed E-state index contributed by atoms with van der Waals surface area (Å²) in [5.41, 5.74) is 6.91. The average Bonchev–Trinajstić information content (AvgIpc) is 2.81. The highest BCUT2D eigenvalue weighted by molar-refractivity contribution is 6.18. The third-order valence-corrected chi connectivity index (χ3v) is 5.55. The fourth-order valence-corrected chi connectivity index (χ4v) is 3.87. The van der Waals surface area contributed by atoms with E-state index in [0.717, 1.165) is 47.5 Å². The molecule has 3 aromatic carbocycles. The summed E-state index contributed by atoms with van der Waals surface area (Å²) in [6.45, 7) is 9.27. The molecule has 0 amide bonds. The number of anilines is 1. The fraction of sp³-hybridized carbons (Fsp3) is 0.300. The first kappa shape index (κ1) is 25.2. The Bertz CT molecular complexity index is 1090. The van der Waals surface area contributed by atoms with E-state index in [1.54, 1.807) is 12.1 Å². The molecular weight excluding hydrogens is 421 g/mol. The van der Waals surface area contributed by atoms with Crippen LogP contribution in [0.4, 0.5) is 10.1 Å². The first-order valence-corrected chi connectivity index (χ1v) is 12.0. The Morgan fingerprint density at radius 3 is 1.91 bits per heavy atom. The van der Waals surface area contributed by atoms with Gasteiger partial charge in [-0.15, -0.1) is 0 Å². The molecule has 0 heterocycles. The molecule has 0 aliphatic rings. The minimum Gasteiger partial charge on any atom is -0.385 e. The molecule has 4 heteroatoms. The van der Waals surface area contributed by atoms with Gasteiger partial charge in [-0.2, -0.15) is 0 Å². The summed E-state index contributed by atoms with van der Waals surface area (Å²) in [6.07, 6.45) is 4.63. The van der Waals surface area contributed by atoms with Crippen molar-refractivity contribution in [3.8, 4) is 0 Å². The summed E-state index contributed by atoms with van der Waals surface area (Å²) in [6, 6.07) is 23.4. The smallest absolute Gasteiger partial charge is 0.123 e. The summed E-state index contributed by atoms with van der Waals surface area (Å²) in [5, 5.41) is 15.1. The predicted molar refractivity (Wildman–Crippen MR) is 144 cm³/mol. The van der Waals surface area contributed by atoms with Gasteiger partial charge in [0.25, 0.3) is 0 Å². The normalized spacial score (nSPS) is 12.1. The van der Waals surface area contributed by atoms with Crippen LogP contribution in [0.1, 0.15) is 56.4 Å². The highest BCUT2D eigenvalue weighted by atomic mass is 19.1. The molecule has 0 bridgehead atoms. The average molecular weight is 458 g/mol. The van der Waals surface area contributed by atoms with Crippen LogP contribution in [0.15, 0.2) is 72.8 Å². The number of nitrogens with one attached hydrogen (secondary N) is 3. The molecule has 34 heavy (non-hydrogen) atoms. The standard InChI is InChI=1S/C30H36FN3/c1-5-6-22-7-9-23(10-8-22)19-20-33-27-17-13-24(14-18-27)28(21-32)29(34-30(2,3)4)25-11-15-26(31)16-12-25/h7-18,21,32-34H,5-6,19-20H2,1-4H3/b29-28+,32-21?. The Labute approximate surface area is 203 Å². The van der Waals surface area contributed by atoms with Crippen molar-refractivity contribution in [2.75, 3.05) is 11.9 Å². The third-order valence-electron chi connectivity index (χ3n) is 5.55. The molecule has 0 saturated heterocycles. The van der Waals surface area contributed by atoms with Crippen molar-refractivity contribution in [3.63, 3.8) is 0 Å². The largest absolute Gasteiger partial charge is 0.385 e. The third kappa shape index (κ3) is 7.31. The molecule has 0 saturated carbocycles. The van der Waals surface area contributed by atoms with Gasteiger partial charge in [0, 0.05) is 29.6 Å². The van der Waals surface area contributed by atoms with Crippen molar-refractivity contribution >= 4 is 23.2 Å². The van der Waals surface area contributed by atoms with Crippen LogP contribution in [-0.2, 0) is 12.8 Å². The molecule has 3 aromatic rings. The van der Waals surface area contributed by atoms with Gasteiger partial charge < -0.3 is 16.0 Å². The fourth-order valence-electron chi connectivity index (χ4n) is 3.87. The quantitative estimate of drug-likeness (QED) is 0.220. The van der Waals surface area contributed by atoms with Crippen molar-refractivity contribution in [2.45, 2.75) is 52.5 Å². The maximum absolute atomic E-state index is 13.5. The van der Waals surface area contributed by atoms with Gasteiger partial charge in [0.05, 0.1) is 5.70 Å². The molecule has 0 spiro atoms. The molecule has 0 atom stereocenters. The van der Waals surface area contributed by atoms with E-state index in [4.69, 9.17) is 5.41 Å². The summed E-state index contributed by atoms with van der Waals surface area (Å²) in [4.78, 5) is 0. The highest BCUT2D eigenvalue weighted by Gasteiger charge is 2.17. The van der Waals surface area contributed by atoms with E-state index in [1.807, 2.05) is 24.3 Å². The Morgan fingerprint density at radius 1 is 0.824 bits per heavy atom. The van der Waals surface area contributed by atoms with Crippen molar-refractivity contribution in [1.82, 2.24) is 5.32 Å². The highest BCUT2D eigenvalue weighted by Crippen LogP contribution is 2.26. The van der Waals surface area contributed by atoms with Crippen LogP contribution in [0, 0.1) is 11.2 Å². The van der Waals surface area contributed by atoms with Crippen LogP contribution in [0.5, 0.6) is 0 Å². The lowest BCUT2D eigenvalue weighted by atomic mass is 9.97. The first-order valence-electron chi connectivity index (χ1n) is 12.0. The SMILES string of the molecule is CCCc1ccc(CCNc2ccc(/C(C=N)=C(/NC(C)(C)C)c3ccc(F)cc3)cc2)cc1. The van der Waals surface area contributed by atoms with Gasteiger partial charge in [0.2, 0.25) is 0 Å². The number of rotatable bonds is 10. The number of hydrogen-bond acceptors (Lipinski definition) is 3. The van der Waals surface area contributed by atoms with Crippen LogP contribution in [0.25, 0.3) is 11.3 Å². The van der Waals surface area contributed by atoms with E-state index in [9.17, 15) is 4.39 Å². The second kappa shape index (κ2) is 11.6. The van der Waals surface area contributed by atoms with E-state index >= 15 is 0 Å². The molecule has 0 unspecified atom stereocenters. The van der Waals surface area contributed by atoms with Crippen LogP contribution in [0.3, 0.4) is 0 Å². The van der Waals surface area contributed by atoms with E-state index in [2.05, 4.69) is 62.6 Å². The topological polar surface area (TPSA) is 47.9 Å². The maximum atomic E-state index is 13.5. The molecule has 0 aliphatic heterocycles. The maximum Gasteiger partial charge on any atom is 0.123 e. The molecule has 0 aliphatic carbocycles. The lowest BCUT2D eigenvalue weighted by Crippen LogP contribution is -2.35. The Balaban J connectivity index is 1.74. The molecule has 3 nitrogen and oxygen atoms in total. The van der Waals surface area contributed by atoms with Gasteiger partial charge >= 0.3 is 0 Å². The molecular formula is C30H36FN3. The van der Waals surface area contributed by atoms with Gasteiger partial charge in [-0.05, 0) is 92.3 Å². The number of aryl methyl sites for hydroxylation is 1. The summed E-state index contributed by atoms with van der Waals surface area (Å²) < 4.78 is 13.5. The van der Waals surface area contributed by atoms with E-state index in [1.165, 1.54) is 35.9 Å². The summed E-state index contributed by atoms with van der Waals surface area (Å²) in [5.74, 6) is -0.275. The number of halogens is 1. The Morgan fingerprint density at radius 2 is 1.38 bits per heavy atom. The van der Waals surface area contributed by atoms with Crippen molar-refractivity contribution in [1.29, 1.82) is 5.41 Å². The molecule has 0 aromatic heterocycles. The number of hydrogen-bond donors (Lipinski definition) is 3. The molecule has 178 valence electrons. The molecule has 0 radical (unpaired) electrons. The summed E-state index contributed by atoms with van der Waals surface area (Å²) >= 11 is 0. The van der Waals surface area contributed by atoms with Gasteiger partial charge in [-0.1, -0.05) is 49.7 Å². The zero-order chi connectivity index (χ0) is 24.6. The van der Waals surface area contributed by atoms with Crippen molar-refractivity contribution in [3.05, 3.63) is 101 Å². The minimum absolute atomic E-state index is 0.214. The van der Waals surface area contributed by atoms with Crippen LogP contribution < -0.4 is 10.6 Å². The van der Waals surface area contributed by atoms with Crippen LogP contribution in [0.2, 0.25) is 0 Å². The molecule has 0 fully saturated rings. The van der Waals surface area contributed by atoms with Crippen molar-refractivity contribution in [2.24, 2.45) is 0 Å². The van der Waals surface area contributed by atoms with Crippen molar-refractivity contribution < 1.29 is 4.39 Å². The summed E-state index contributed by atoms with van der Waals surface area (Å²) in [7, 11) is 0. The van der Waals surface area contributed by atoms with Crippen LogP contribution >= 0.6 is 0 Å². The van der Waals surface area contributed by atoms with Crippen LogP contribution in [-0.4, -0.2) is 18.3 Å². The first-order chi connectivity index (χ1) is 16.3.